The zero-order valence-electron chi connectivity index (χ0n) is 24.3. The molecule has 1 aromatic carbocycles. The van der Waals surface area contributed by atoms with Crippen molar-refractivity contribution in [3.8, 4) is 0 Å². The molecule has 1 radical (unpaired) electrons. The lowest BCUT2D eigenvalue weighted by Crippen LogP contribution is -2.50. The van der Waals surface area contributed by atoms with Gasteiger partial charge in [-0.2, -0.15) is 22.0 Å². The molecule has 3 aliphatic carbocycles. The van der Waals surface area contributed by atoms with Crippen molar-refractivity contribution in [3.63, 3.8) is 0 Å². The summed E-state index contributed by atoms with van der Waals surface area (Å²) >= 11 is -1.34. The molecule has 0 bridgehead atoms. The van der Waals surface area contributed by atoms with Crippen LogP contribution in [0.2, 0.25) is 0 Å². The fourth-order valence-electron chi connectivity index (χ4n) is 8.41. The number of fused-ring (bicyclic) bond motifs is 5. The van der Waals surface area contributed by atoms with E-state index < -0.39 is 29.7 Å². The minimum Gasteiger partial charge on any atom is -0.616 e. The Labute approximate surface area is 245 Å². The molecular formula is C32H47F5NO2S. The van der Waals surface area contributed by atoms with Gasteiger partial charge in [0.05, 0.1) is 0 Å². The van der Waals surface area contributed by atoms with E-state index in [4.69, 9.17) is 0 Å². The van der Waals surface area contributed by atoms with Crippen LogP contribution in [0.15, 0.2) is 18.2 Å². The predicted octanol–water partition coefficient (Wildman–Crippen LogP) is 8.76. The summed E-state index contributed by atoms with van der Waals surface area (Å²) in [6, 6.07) is 10.1. The maximum atomic E-state index is 13.0. The highest BCUT2D eigenvalue weighted by Gasteiger charge is 2.57. The number of benzene rings is 1. The van der Waals surface area contributed by atoms with Crippen LogP contribution in [0.4, 0.5) is 22.0 Å². The molecule has 7 atom stereocenters. The van der Waals surface area contributed by atoms with Gasteiger partial charge in [-0.15, -0.1) is 0 Å². The monoisotopic (exact) mass is 604 g/mol. The molecule has 2 saturated carbocycles. The van der Waals surface area contributed by atoms with E-state index in [2.05, 4.69) is 36.7 Å². The Morgan fingerprint density at radius 3 is 2.39 bits per heavy atom. The summed E-state index contributed by atoms with van der Waals surface area (Å²) in [4.78, 5) is 0. The lowest BCUT2D eigenvalue weighted by molar-refractivity contribution is -0.284. The molecule has 3 aliphatic rings. The van der Waals surface area contributed by atoms with E-state index in [-0.39, 0.29) is 23.6 Å². The standard InChI is InChI=1S/C32H47F5NO2S/c1-30-19-17-26-25-14-9-8-12-23(25)22-24(29(26)27(30)15-16-28(30)38-39)13-7-5-3-2-4-6-10-20-41(40)21-11-18-31(33,34)32(35,36)37/h9,12,14,24,26-29,38-39H,2-7,10-11,13,15-22H2,1H3/t24-,26-,27+,28?,29-,30+,41?/m1/s1. The van der Waals surface area contributed by atoms with Gasteiger partial charge in [0.15, 0.2) is 0 Å². The number of alkyl halides is 5. The smallest absolute Gasteiger partial charge is 0.453 e. The fourth-order valence-corrected chi connectivity index (χ4v) is 9.60. The quantitative estimate of drug-likeness (QED) is 0.0911. The van der Waals surface area contributed by atoms with Gasteiger partial charge >= 0.3 is 12.1 Å². The van der Waals surface area contributed by atoms with Crippen LogP contribution in [0.5, 0.6) is 0 Å². The summed E-state index contributed by atoms with van der Waals surface area (Å²) in [6.45, 7) is 2.39. The third-order valence-electron chi connectivity index (χ3n) is 10.6. The Balaban J connectivity index is 1.14. The van der Waals surface area contributed by atoms with E-state index in [0.717, 1.165) is 44.9 Å². The van der Waals surface area contributed by atoms with Crippen molar-refractivity contribution in [1.29, 1.82) is 0 Å². The van der Waals surface area contributed by atoms with Gasteiger partial charge in [-0.25, -0.2) is 5.48 Å². The summed E-state index contributed by atoms with van der Waals surface area (Å²) in [5, 5.41) is 9.85. The van der Waals surface area contributed by atoms with Gasteiger partial charge in [0.2, 0.25) is 0 Å². The van der Waals surface area contributed by atoms with Crippen LogP contribution >= 0.6 is 0 Å². The number of rotatable bonds is 15. The minimum atomic E-state index is -5.54. The number of hydroxylamine groups is 1. The first-order chi connectivity index (χ1) is 19.5. The van der Waals surface area contributed by atoms with E-state index in [1.165, 1.54) is 43.2 Å². The molecule has 233 valence electrons. The fraction of sp³-hybridized carbons (Fsp3) is 0.812. The molecule has 0 heterocycles. The Kier molecular flexibility index (Phi) is 11.5. The number of halogens is 5. The first kappa shape index (κ1) is 33.0. The van der Waals surface area contributed by atoms with E-state index >= 15 is 0 Å². The van der Waals surface area contributed by atoms with Crippen molar-refractivity contribution in [1.82, 2.24) is 5.48 Å². The largest absolute Gasteiger partial charge is 0.616 e. The lowest BCUT2D eigenvalue weighted by Gasteiger charge is -2.53. The van der Waals surface area contributed by atoms with Crippen LogP contribution in [-0.2, 0) is 17.6 Å². The second kappa shape index (κ2) is 14.3. The number of nitrogens with one attached hydrogen (secondary N) is 1. The average molecular weight is 605 g/mol. The molecular weight excluding hydrogens is 557 g/mol. The number of hydrogen-bond donors (Lipinski definition) is 2. The van der Waals surface area contributed by atoms with E-state index in [0.29, 0.717) is 35.8 Å². The van der Waals surface area contributed by atoms with Gasteiger partial charge in [0.25, 0.3) is 0 Å². The molecule has 2 fully saturated rings. The van der Waals surface area contributed by atoms with E-state index in [9.17, 15) is 31.7 Å². The highest BCUT2D eigenvalue weighted by atomic mass is 32.2. The van der Waals surface area contributed by atoms with Crippen molar-refractivity contribution < 1.29 is 31.7 Å². The first-order valence-electron chi connectivity index (χ1n) is 15.7. The molecule has 2 N–H and O–H groups in total. The second-order valence-electron chi connectivity index (χ2n) is 13.1. The predicted molar refractivity (Wildman–Crippen MR) is 153 cm³/mol. The Morgan fingerprint density at radius 2 is 1.68 bits per heavy atom. The highest BCUT2D eigenvalue weighted by Crippen LogP contribution is 2.62. The van der Waals surface area contributed by atoms with Gasteiger partial charge in [-0.3, -0.25) is 0 Å². The van der Waals surface area contributed by atoms with Gasteiger partial charge in [-0.1, -0.05) is 68.4 Å². The van der Waals surface area contributed by atoms with Gasteiger partial charge in [-0.05, 0) is 104 Å². The number of unbranched alkanes of at least 4 members (excludes halogenated alkanes) is 6. The SMILES string of the molecule is C[C@]12CC[C@@H]3c4cc[c]cc4C[C@@H](CCCCCCCCC[S+]([O-])CCCC(F)(F)C(F)(F)F)[C@H]3[C@@H]1CCC2NO. The summed E-state index contributed by atoms with van der Waals surface area (Å²) in [5.41, 5.74) is 5.82. The summed E-state index contributed by atoms with van der Waals surface area (Å²) in [6.07, 6.45) is 7.01. The molecule has 4 rings (SSSR count). The third-order valence-corrected chi connectivity index (χ3v) is 12.1. The van der Waals surface area contributed by atoms with Crippen molar-refractivity contribution in [2.24, 2.45) is 23.2 Å². The molecule has 0 aromatic heterocycles. The molecule has 41 heavy (non-hydrogen) atoms. The van der Waals surface area contributed by atoms with Crippen LogP contribution in [0.1, 0.15) is 114 Å². The average Bonchev–Trinajstić information content (AvgIpc) is 3.27. The van der Waals surface area contributed by atoms with Gasteiger partial charge in [0.1, 0.15) is 11.5 Å². The zero-order chi connectivity index (χ0) is 29.7. The molecule has 0 aliphatic heterocycles. The second-order valence-corrected chi connectivity index (χ2v) is 14.8. The zero-order valence-corrected chi connectivity index (χ0v) is 25.1. The van der Waals surface area contributed by atoms with Crippen molar-refractivity contribution in [2.45, 2.75) is 127 Å². The highest BCUT2D eigenvalue weighted by molar-refractivity contribution is 7.91. The summed E-state index contributed by atoms with van der Waals surface area (Å²) < 4.78 is 74.5. The van der Waals surface area contributed by atoms with Crippen molar-refractivity contribution in [2.75, 3.05) is 11.5 Å². The molecule has 2 unspecified atom stereocenters. The minimum absolute atomic E-state index is 0.103. The maximum Gasteiger partial charge on any atom is 0.453 e. The van der Waals surface area contributed by atoms with E-state index in [1.54, 1.807) is 0 Å². The van der Waals surface area contributed by atoms with Crippen LogP contribution in [-0.4, -0.2) is 39.4 Å². The first-order valence-corrected chi connectivity index (χ1v) is 17.1. The topological polar surface area (TPSA) is 55.3 Å². The normalized spacial score (nSPS) is 30.5. The Morgan fingerprint density at radius 1 is 1.00 bits per heavy atom. The maximum absolute atomic E-state index is 13.0. The molecule has 1 aromatic rings. The van der Waals surface area contributed by atoms with Crippen LogP contribution in [0, 0.1) is 29.2 Å². The van der Waals surface area contributed by atoms with Crippen molar-refractivity contribution >= 4 is 11.2 Å². The van der Waals surface area contributed by atoms with Crippen LogP contribution < -0.4 is 5.48 Å². The summed E-state index contributed by atoms with van der Waals surface area (Å²) in [5.74, 6) is -1.85. The molecule has 0 saturated heterocycles. The molecule has 9 heteroatoms. The Hall–Kier alpha value is -0.900. The van der Waals surface area contributed by atoms with E-state index in [1.807, 2.05) is 0 Å². The van der Waals surface area contributed by atoms with Crippen LogP contribution in [0.25, 0.3) is 0 Å². The molecule has 0 amide bonds. The summed E-state index contributed by atoms with van der Waals surface area (Å²) in [7, 11) is 0. The van der Waals surface area contributed by atoms with Crippen LogP contribution in [0.3, 0.4) is 0 Å². The van der Waals surface area contributed by atoms with Gasteiger partial charge < -0.3 is 9.76 Å². The number of hydrogen-bond acceptors (Lipinski definition) is 3. The van der Waals surface area contributed by atoms with Gasteiger partial charge in [0, 0.05) is 12.5 Å². The Bertz CT molecular complexity index is 962. The third kappa shape index (κ3) is 7.79. The lowest BCUT2D eigenvalue weighted by atomic mass is 9.52. The van der Waals surface area contributed by atoms with Crippen molar-refractivity contribution in [3.05, 3.63) is 35.4 Å². The molecule has 3 nitrogen and oxygen atoms in total. The molecule has 0 spiro atoms.